The highest BCUT2D eigenvalue weighted by Crippen LogP contribution is 2.26. The van der Waals surface area contributed by atoms with Crippen LogP contribution in [0.2, 0.25) is 0 Å². The van der Waals surface area contributed by atoms with Crippen LogP contribution in [0.5, 0.6) is 0 Å². The summed E-state index contributed by atoms with van der Waals surface area (Å²) in [7, 11) is 0. The van der Waals surface area contributed by atoms with E-state index in [2.05, 4.69) is 5.32 Å². The summed E-state index contributed by atoms with van der Waals surface area (Å²) in [6, 6.07) is -0.447. The van der Waals surface area contributed by atoms with Crippen molar-refractivity contribution in [2.24, 2.45) is 11.3 Å². The van der Waals surface area contributed by atoms with Crippen LogP contribution in [-0.4, -0.2) is 52.0 Å². The first-order chi connectivity index (χ1) is 10.1. The Morgan fingerprint density at radius 2 is 2.00 bits per heavy atom. The lowest BCUT2D eigenvalue weighted by Gasteiger charge is -2.27. The number of hydrogen-bond donors (Lipinski definition) is 2. The van der Waals surface area contributed by atoms with Crippen LogP contribution in [0.1, 0.15) is 40.5 Å². The largest absolute Gasteiger partial charge is 0.481 e. The molecule has 0 bridgehead atoms. The molecule has 0 aromatic carbocycles. The summed E-state index contributed by atoms with van der Waals surface area (Å²) < 4.78 is 0. The van der Waals surface area contributed by atoms with Gasteiger partial charge in [0.05, 0.1) is 5.88 Å². The monoisotopic (exact) mass is 330 g/mol. The third-order valence-electron chi connectivity index (χ3n) is 3.33. The first kappa shape index (κ1) is 18.8. The zero-order valence-corrected chi connectivity index (χ0v) is 14.5. The number of carboxylic acid groups (broad SMARTS) is 1. The maximum atomic E-state index is 12.3. The van der Waals surface area contributed by atoms with Crippen molar-refractivity contribution in [2.75, 3.05) is 18.2 Å². The fourth-order valence-electron chi connectivity index (χ4n) is 2.22. The molecular weight excluding hydrogens is 304 g/mol. The summed E-state index contributed by atoms with van der Waals surface area (Å²) in [5.74, 6) is -0.0673. The van der Waals surface area contributed by atoms with E-state index < -0.39 is 12.0 Å². The van der Waals surface area contributed by atoms with E-state index in [9.17, 15) is 14.4 Å². The lowest BCUT2D eigenvalue weighted by molar-refractivity contribution is -0.139. The average molecular weight is 330 g/mol. The van der Waals surface area contributed by atoms with Gasteiger partial charge in [-0.1, -0.05) is 27.7 Å². The van der Waals surface area contributed by atoms with Gasteiger partial charge in [-0.2, -0.15) is 0 Å². The number of carboxylic acids is 1. The molecule has 22 heavy (non-hydrogen) atoms. The van der Waals surface area contributed by atoms with Gasteiger partial charge in [-0.3, -0.25) is 14.4 Å². The van der Waals surface area contributed by atoms with Crippen molar-refractivity contribution in [3.8, 4) is 0 Å². The van der Waals surface area contributed by atoms with Gasteiger partial charge < -0.3 is 15.3 Å². The van der Waals surface area contributed by atoms with Crippen molar-refractivity contribution in [2.45, 2.75) is 46.6 Å². The summed E-state index contributed by atoms with van der Waals surface area (Å²) in [4.78, 5) is 36.8. The van der Waals surface area contributed by atoms with Crippen molar-refractivity contribution in [1.29, 1.82) is 0 Å². The van der Waals surface area contributed by atoms with Gasteiger partial charge in [-0.15, -0.1) is 11.8 Å². The van der Waals surface area contributed by atoms with Crippen LogP contribution in [0.25, 0.3) is 0 Å². The van der Waals surface area contributed by atoms with Crippen molar-refractivity contribution < 1.29 is 19.5 Å². The molecule has 0 spiro atoms. The first-order valence-electron chi connectivity index (χ1n) is 7.47. The maximum absolute atomic E-state index is 12.3. The van der Waals surface area contributed by atoms with E-state index in [0.29, 0.717) is 24.6 Å². The van der Waals surface area contributed by atoms with E-state index in [1.807, 2.05) is 20.8 Å². The van der Waals surface area contributed by atoms with E-state index in [-0.39, 0.29) is 29.6 Å². The Kier molecular flexibility index (Phi) is 6.71. The number of nitrogens with one attached hydrogen (secondary N) is 1. The van der Waals surface area contributed by atoms with E-state index >= 15 is 0 Å². The van der Waals surface area contributed by atoms with Crippen LogP contribution in [0.3, 0.4) is 0 Å². The number of hydrogen-bond acceptors (Lipinski definition) is 4. The zero-order valence-electron chi connectivity index (χ0n) is 13.7. The Balaban J connectivity index is 2.53. The molecular formula is C15H26N2O4S. The normalized spacial score (nSPS) is 19.8. The molecule has 2 unspecified atom stereocenters. The predicted molar refractivity (Wildman–Crippen MR) is 86.5 cm³/mol. The Morgan fingerprint density at radius 3 is 2.55 bits per heavy atom. The number of aliphatic carboxylic acids is 1. The molecule has 0 saturated carbocycles. The number of carbonyl (C=O) groups is 3. The topological polar surface area (TPSA) is 86.7 Å². The zero-order chi connectivity index (χ0) is 16.9. The van der Waals surface area contributed by atoms with Crippen LogP contribution in [0, 0.1) is 11.3 Å². The van der Waals surface area contributed by atoms with Crippen LogP contribution >= 0.6 is 11.8 Å². The van der Waals surface area contributed by atoms with E-state index in [4.69, 9.17) is 5.11 Å². The molecule has 0 aromatic rings. The quantitative estimate of drug-likeness (QED) is 0.771. The van der Waals surface area contributed by atoms with Crippen LogP contribution in [0.4, 0.5) is 0 Å². The highest BCUT2D eigenvalue weighted by Gasteiger charge is 2.35. The predicted octanol–water partition coefficient (Wildman–Crippen LogP) is 1.55. The van der Waals surface area contributed by atoms with E-state index in [0.717, 1.165) is 0 Å². The van der Waals surface area contributed by atoms with Gasteiger partial charge in [-0.05, 0) is 11.3 Å². The molecule has 2 amide bonds. The van der Waals surface area contributed by atoms with Gasteiger partial charge in [0.2, 0.25) is 11.8 Å². The molecule has 126 valence electrons. The molecule has 1 heterocycles. The van der Waals surface area contributed by atoms with Gasteiger partial charge in [0.25, 0.3) is 0 Å². The van der Waals surface area contributed by atoms with Crippen molar-refractivity contribution in [3.05, 3.63) is 0 Å². The van der Waals surface area contributed by atoms with Crippen molar-refractivity contribution in [1.82, 2.24) is 10.2 Å². The van der Waals surface area contributed by atoms with E-state index in [1.54, 1.807) is 23.6 Å². The second kappa shape index (κ2) is 7.85. The molecule has 1 rings (SSSR count). The summed E-state index contributed by atoms with van der Waals surface area (Å²) in [5.41, 5.74) is -0.110. The Bertz CT molecular complexity index is 434. The van der Waals surface area contributed by atoms with Gasteiger partial charge in [0, 0.05) is 25.1 Å². The molecule has 6 nitrogen and oxygen atoms in total. The standard InChI is InChI=1S/C15H26N2O4S/c1-10(5-13(19)20)7-16-14(21)11-8-22-9-17(11)12(18)6-15(2,3)4/h10-11H,5-9H2,1-4H3,(H,16,21)(H,19,20). The number of amides is 2. The maximum Gasteiger partial charge on any atom is 0.303 e. The Hall–Kier alpha value is -1.24. The first-order valence-corrected chi connectivity index (χ1v) is 8.62. The van der Waals surface area contributed by atoms with Crippen LogP contribution in [0.15, 0.2) is 0 Å². The summed E-state index contributed by atoms with van der Waals surface area (Å²) in [6.07, 6.45) is 0.430. The molecule has 0 radical (unpaired) electrons. The molecule has 0 aromatic heterocycles. The highest BCUT2D eigenvalue weighted by molar-refractivity contribution is 7.99. The molecule has 0 aliphatic carbocycles. The smallest absolute Gasteiger partial charge is 0.303 e. The minimum Gasteiger partial charge on any atom is -0.481 e. The minimum absolute atomic E-state index is 0.00349. The third kappa shape index (κ3) is 6.25. The minimum atomic E-state index is -0.875. The summed E-state index contributed by atoms with van der Waals surface area (Å²) in [5, 5.41) is 11.5. The molecule has 1 aliphatic heterocycles. The van der Waals surface area contributed by atoms with Gasteiger partial charge >= 0.3 is 5.97 Å². The molecule has 1 fully saturated rings. The molecule has 2 atom stereocenters. The van der Waals surface area contributed by atoms with Crippen LogP contribution < -0.4 is 5.32 Å². The van der Waals surface area contributed by atoms with Crippen molar-refractivity contribution in [3.63, 3.8) is 0 Å². The van der Waals surface area contributed by atoms with Crippen LogP contribution in [-0.2, 0) is 14.4 Å². The average Bonchev–Trinajstić information content (AvgIpc) is 2.82. The second-order valence-corrected chi connectivity index (χ2v) is 8.06. The third-order valence-corrected chi connectivity index (χ3v) is 4.35. The van der Waals surface area contributed by atoms with Gasteiger partial charge in [0.1, 0.15) is 6.04 Å². The van der Waals surface area contributed by atoms with Crippen molar-refractivity contribution >= 4 is 29.5 Å². The Morgan fingerprint density at radius 1 is 1.36 bits per heavy atom. The molecule has 1 aliphatic rings. The van der Waals surface area contributed by atoms with Gasteiger partial charge in [0.15, 0.2) is 0 Å². The summed E-state index contributed by atoms with van der Waals surface area (Å²) >= 11 is 1.57. The number of nitrogens with zero attached hydrogens (tertiary/aromatic N) is 1. The fraction of sp³-hybridized carbons (Fsp3) is 0.800. The number of thioether (sulfide) groups is 1. The fourth-order valence-corrected chi connectivity index (χ4v) is 3.40. The molecule has 7 heteroatoms. The molecule has 1 saturated heterocycles. The van der Waals surface area contributed by atoms with E-state index in [1.165, 1.54) is 0 Å². The van der Waals surface area contributed by atoms with Gasteiger partial charge in [-0.25, -0.2) is 0 Å². The number of rotatable bonds is 6. The second-order valence-electron chi connectivity index (χ2n) is 7.06. The molecule has 2 N–H and O–H groups in total. The summed E-state index contributed by atoms with van der Waals surface area (Å²) in [6.45, 7) is 8.08. The number of carbonyl (C=O) groups excluding carboxylic acids is 2. The highest BCUT2D eigenvalue weighted by atomic mass is 32.2. The lowest BCUT2D eigenvalue weighted by Crippen LogP contribution is -2.48. The SMILES string of the molecule is CC(CNC(=O)C1CSCN1C(=O)CC(C)(C)C)CC(=O)O. The Labute approximate surface area is 136 Å². The lowest BCUT2D eigenvalue weighted by atomic mass is 9.91.